The standard InChI is InChI=1S/C18H22ClN3O2.2ClH/c19-15-4-2-1-3-14(15)16-11-21-18(24-16)10-9-17(23)22-13-7-5-12(20)6-8-13;;/h1-4,11-13H,5-10,20H2,(H,22,23);2*1H. The van der Waals surface area contributed by atoms with Crippen LogP contribution in [-0.2, 0) is 11.2 Å². The Kier molecular flexibility index (Phi) is 9.44. The third-order valence-electron chi connectivity index (χ3n) is 4.40. The molecule has 1 aromatic heterocycles. The first-order valence-electron chi connectivity index (χ1n) is 8.36. The number of nitrogens with zero attached hydrogens (tertiary/aromatic N) is 1. The van der Waals surface area contributed by atoms with Crippen molar-refractivity contribution in [2.45, 2.75) is 50.6 Å². The zero-order valence-electron chi connectivity index (χ0n) is 14.3. The van der Waals surface area contributed by atoms with Crippen LogP contribution in [0, 0.1) is 0 Å². The summed E-state index contributed by atoms with van der Waals surface area (Å²) in [6.45, 7) is 0. The van der Waals surface area contributed by atoms with Crippen LogP contribution in [-0.4, -0.2) is 23.0 Å². The zero-order chi connectivity index (χ0) is 16.9. The van der Waals surface area contributed by atoms with Gasteiger partial charge in [-0.05, 0) is 37.8 Å². The number of aryl methyl sites for hydroxylation is 1. The molecule has 3 N–H and O–H groups in total. The Labute approximate surface area is 170 Å². The van der Waals surface area contributed by atoms with Crippen molar-refractivity contribution in [2.24, 2.45) is 5.73 Å². The summed E-state index contributed by atoms with van der Waals surface area (Å²) >= 11 is 6.15. The normalized spacial score (nSPS) is 19.2. The Hall–Kier alpha value is -1.27. The summed E-state index contributed by atoms with van der Waals surface area (Å²) < 4.78 is 5.71. The molecule has 1 aromatic carbocycles. The molecule has 1 amide bonds. The van der Waals surface area contributed by atoms with E-state index in [1.807, 2.05) is 24.3 Å². The Morgan fingerprint density at radius 2 is 1.92 bits per heavy atom. The molecule has 0 radical (unpaired) electrons. The highest BCUT2D eigenvalue weighted by molar-refractivity contribution is 6.33. The van der Waals surface area contributed by atoms with Crippen molar-refractivity contribution in [1.82, 2.24) is 10.3 Å². The van der Waals surface area contributed by atoms with Gasteiger partial charge in [-0.25, -0.2) is 4.98 Å². The van der Waals surface area contributed by atoms with Gasteiger partial charge >= 0.3 is 0 Å². The lowest BCUT2D eigenvalue weighted by Crippen LogP contribution is -2.40. The summed E-state index contributed by atoms with van der Waals surface area (Å²) in [6.07, 6.45) is 6.37. The molecule has 1 aliphatic rings. The molecule has 26 heavy (non-hydrogen) atoms. The largest absolute Gasteiger partial charge is 0.441 e. The van der Waals surface area contributed by atoms with E-state index in [1.54, 1.807) is 6.20 Å². The van der Waals surface area contributed by atoms with E-state index >= 15 is 0 Å². The highest BCUT2D eigenvalue weighted by atomic mass is 35.5. The molecule has 144 valence electrons. The molecule has 1 aliphatic carbocycles. The van der Waals surface area contributed by atoms with Gasteiger partial charge in [0.15, 0.2) is 11.7 Å². The number of carbonyl (C=O) groups is 1. The van der Waals surface area contributed by atoms with Crippen LogP contribution in [0.4, 0.5) is 0 Å². The van der Waals surface area contributed by atoms with Gasteiger partial charge in [0.25, 0.3) is 0 Å². The average molecular weight is 421 g/mol. The third-order valence-corrected chi connectivity index (χ3v) is 4.73. The van der Waals surface area contributed by atoms with Crippen molar-refractivity contribution < 1.29 is 9.21 Å². The molecule has 0 saturated heterocycles. The molecule has 2 aromatic rings. The predicted octanol–water partition coefficient (Wildman–Crippen LogP) is 4.16. The molecule has 1 heterocycles. The van der Waals surface area contributed by atoms with Crippen LogP contribution in [0.1, 0.15) is 38.0 Å². The summed E-state index contributed by atoms with van der Waals surface area (Å²) in [4.78, 5) is 16.3. The number of rotatable bonds is 5. The van der Waals surface area contributed by atoms with Gasteiger partial charge in [0, 0.05) is 30.5 Å². The maximum atomic E-state index is 12.1. The second kappa shape index (κ2) is 10.8. The lowest BCUT2D eigenvalue weighted by molar-refractivity contribution is -0.122. The number of aromatic nitrogens is 1. The van der Waals surface area contributed by atoms with Crippen LogP contribution >= 0.6 is 36.4 Å². The van der Waals surface area contributed by atoms with Crippen LogP contribution in [0.5, 0.6) is 0 Å². The van der Waals surface area contributed by atoms with Crippen LogP contribution in [0.15, 0.2) is 34.9 Å². The van der Waals surface area contributed by atoms with Gasteiger partial charge in [-0.1, -0.05) is 23.7 Å². The number of nitrogens with two attached hydrogens (primary N) is 1. The van der Waals surface area contributed by atoms with E-state index in [-0.39, 0.29) is 42.8 Å². The van der Waals surface area contributed by atoms with Crippen molar-refractivity contribution in [1.29, 1.82) is 0 Å². The summed E-state index contributed by atoms with van der Waals surface area (Å²) in [5.41, 5.74) is 6.69. The van der Waals surface area contributed by atoms with Crippen LogP contribution in [0.2, 0.25) is 5.02 Å². The van der Waals surface area contributed by atoms with Gasteiger partial charge < -0.3 is 15.5 Å². The topological polar surface area (TPSA) is 81.1 Å². The predicted molar refractivity (Wildman–Crippen MR) is 108 cm³/mol. The second-order valence-corrected chi connectivity index (χ2v) is 6.68. The Bertz CT molecular complexity index is 700. The van der Waals surface area contributed by atoms with Crippen molar-refractivity contribution in [3.05, 3.63) is 41.4 Å². The molecule has 5 nitrogen and oxygen atoms in total. The quantitative estimate of drug-likeness (QED) is 0.761. The maximum Gasteiger partial charge on any atom is 0.220 e. The molecule has 0 spiro atoms. The second-order valence-electron chi connectivity index (χ2n) is 6.28. The van der Waals surface area contributed by atoms with Crippen LogP contribution < -0.4 is 11.1 Å². The van der Waals surface area contributed by atoms with E-state index in [9.17, 15) is 4.79 Å². The number of oxazole rings is 1. The number of carbonyl (C=O) groups excluding carboxylic acids is 1. The summed E-state index contributed by atoms with van der Waals surface area (Å²) in [5, 5.41) is 3.69. The van der Waals surface area contributed by atoms with Crippen molar-refractivity contribution >= 4 is 42.3 Å². The molecular formula is C18H24Cl3N3O2. The Balaban J connectivity index is 0.00000169. The third kappa shape index (κ3) is 6.16. The van der Waals surface area contributed by atoms with E-state index in [2.05, 4.69) is 10.3 Å². The summed E-state index contributed by atoms with van der Waals surface area (Å²) in [6, 6.07) is 7.99. The maximum absolute atomic E-state index is 12.1. The molecule has 0 atom stereocenters. The van der Waals surface area contributed by atoms with E-state index in [0.717, 1.165) is 31.2 Å². The lowest BCUT2D eigenvalue weighted by atomic mass is 9.92. The van der Waals surface area contributed by atoms with Crippen molar-refractivity contribution in [2.75, 3.05) is 0 Å². The van der Waals surface area contributed by atoms with Crippen molar-refractivity contribution in [3.8, 4) is 11.3 Å². The van der Waals surface area contributed by atoms with Gasteiger partial charge in [0.05, 0.1) is 11.2 Å². The SMILES string of the molecule is Cl.Cl.NC1CCC(NC(=O)CCc2ncc(-c3ccccc3Cl)o2)CC1. The van der Waals surface area contributed by atoms with Gasteiger partial charge in [-0.15, -0.1) is 24.8 Å². The number of nitrogens with one attached hydrogen (secondary N) is 1. The summed E-state index contributed by atoms with van der Waals surface area (Å²) in [5.74, 6) is 1.20. The van der Waals surface area contributed by atoms with Gasteiger partial charge in [0.1, 0.15) is 0 Å². The number of amides is 1. The zero-order valence-corrected chi connectivity index (χ0v) is 16.7. The molecular weight excluding hydrogens is 397 g/mol. The van der Waals surface area contributed by atoms with E-state index in [4.69, 9.17) is 21.8 Å². The number of benzene rings is 1. The fourth-order valence-corrected chi connectivity index (χ4v) is 3.22. The Morgan fingerprint density at radius 1 is 1.23 bits per heavy atom. The smallest absolute Gasteiger partial charge is 0.220 e. The molecule has 8 heteroatoms. The minimum absolute atomic E-state index is 0. The van der Waals surface area contributed by atoms with Crippen LogP contribution in [0.3, 0.4) is 0 Å². The molecule has 0 aliphatic heterocycles. The van der Waals surface area contributed by atoms with Crippen molar-refractivity contribution in [3.63, 3.8) is 0 Å². The number of halogens is 3. The first-order valence-corrected chi connectivity index (χ1v) is 8.74. The molecule has 1 fully saturated rings. The highest BCUT2D eigenvalue weighted by Crippen LogP contribution is 2.28. The van der Waals surface area contributed by atoms with E-state index < -0.39 is 0 Å². The van der Waals surface area contributed by atoms with Gasteiger partial charge in [-0.3, -0.25) is 4.79 Å². The fraction of sp³-hybridized carbons (Fsp3) is 0.444. The number of hydrogen-bond donors (Lipinski definition) is 2. The monoisotopic (exact) mass is 419 g/mol. The summed E-state index contributed by atoms with van der Waals surface area (Å²) in [7, 11) is 0. The highest BCUT2D eigenvalue weighted by Gasteiger charge is 2.20. The van der Waals surface area contributed by atoms with E-state index in [0.29, 0.717) is 29.5 Å². The Morgan fingerprint density at radius 3 is 2.62 bits per heavy atom. The molecule has 3 rings (SSSR count). The minimum atomic E-state index is 0. The van der Waals surface area contributed by atoms with Gasteiger partial charge in [-0.2, -0.15) is 0 Å². The average Bonchev–Trinajstić information content (AvgIpc) is 3.04. The van der Waals surface area contributed by atoms with E-state index in [1.165, 1.54) is 0 Å². The van der Waals surface area contributed by atoms with Crippen LogP contribution in [0.25, 0.3) is 11.3 Å². The van der Waals surface area contributed by atoms with Gasteiger partial charge in [0.2, 0.25) is 5.91 Å². The first kappa shape index (κ1) is 22.8. The minimum Gasteiger partial charge on any atom is -0.441 e. The number of hydrogen-bond acceptors (Lipinski definition) is 4. The molecule has 1 saturated carbocycles. The lowest BCUT2D eigenvalue weighted by Gasteiger charge is -2.26. The molecule has 0 unspecified atom stereocenters. The first-order chi connectivity index (χ1) is 11.6. The molecule has 0 bridgehead atoms. The fourth-order valence-electron chi connectivity index (χ4n) is 3.00.